The molecule has 0 aromatic heterocycles. The average molecular weight is 254 g/mol. The molecule has 1 aromatic carbocycles. The topological polar surface area (TPSA) is 35.8 Å². The third kappa shape index (κ3) is 3.69. The van der Waals surface area contributed by atoms with Crippen molar-refractivity contribution in [2.45, 2.75) is 29.8 Å². The van der Waals surface area contributed by atoms with E-state index in [1.54, 1.807) is 0 Å². The van der Waals surface area contributed by atoms with E-state index in [0.29, 0.717) is 16.7 Å². The Morgan fingerprint density at radius 3 is 2.76 bits per heavy atom. The molecule has 2 rings (SSSR count). The molecule has 0 amide bonds. The van der Waals surface area contributed by atoms with Crippen molar-refractivity contribution in [3.63, 3.8) is 0 Å². The molecule has 0 radical (unpaired) electrons. The van der Waals surface area contributed by atoms with Gasteiger partial charge in [0.15, 0.2) is 11.6 Å². The van der Waals surface area contributed by atoms with Gasteiger partial charge in [-0.1, -0.05) is 0 Å². The summed E-state index contributed by atoms with van der Waals surface area (Å²) in [5.74, 6) is -1.15. The number of rotatable bonds is 5. The van der Waals surface area contributed by atoms with Crippen molar-refractivity contribution in [3.8, 4) is 6.07 Å². The number of halogens is 2. The summed E-state index contributed by atoms with van der Waals surface area (Å²) in [6, 6.07) is 6.18. The lowest BCUT2D eigenvalue weighted by atomic mass is 10.3. The summed E-state index contributed by atoms with van der Waals surface area (Å²) >= 11 is 1.35. The van der Waals surface area contributed by atoms with Crippen LogP contribution in [0.5, 0.6) is 0 Å². The summed E-state index contributed by atoms with van der Waals surface area (Å²) in [4.78, 5) is 0.641. The van der Waals surface area contributed by atoms with Crippen molar-refractivity contribution in [2.75, 3.05) is 5.75 Å². The van der Waals surface area contributed by atoms with Crippen molar-refractivity contribution in [1.82, 2.24) is 5.32 Å². The van der Waals surface area contributed by atoms with Gasteiger partial charge < -0.3 is 0 Å². The Bertz CT molecular complexity index is 441. The fourth-order valence-corrected chi connectivity index (χ4v) is 2.28. The normalized spacial score (nSPS) is 16.5. The lowest BCUT2D eigenvalue weighted by Crippen LogP contribution is -2.31. The second kappa shape index (κ2) is 5.48. The van der Waals surface area contributed by atoms with Gasteiger partial charge in [0.05, 0.1) is 6.07 Å². The van der Waals surface area contributed by atoms with Gasteiger partial charge in [0.1, 0.15) is 6.04 Å². The van der Waals surface area contributed by atoms with Crippen LogP contribution in [0.15, 0.2) is 23.1 Å². The van der Waals surface area contributed by atoms with Crippen LogP contribution >= 0.6 is 11.8 Å². The number of nitrogens with zero attached hydrogens (tertiary/aromatic N) is 1. The van der Waals surface area contributed by atoms with Gasteiger partial charge in [0, 0.05) is 16.7 Å². The van der Waals surface area contributed by atoms with Crippen molar-refractivity contribution in [2.24, 2.45) is 0 Å². The van der Waals surface area contributed by atoms with Crippen LogP contribution < -0.4 is 5.32 Å². The summed E-state index contributed by atoms with van der Waals surface area (Å²) < 4.78 is 25.6. The van der Waals surface area contributed by atoms with Gasteiger partial charge in [-0.3, -0.25) is 5.32 Å². The molecule has 5 heteroatoms. The van der Waals surface area contributed by atoms with Crippen LogP contribution in [-0.4, -0.2) is 17.8 Å². The summed E-state index contributed by atoms with van der Waals surface area (Å²) in [6.45, 7) is 0. The van der Waals surface area contributed by atoms with E-state index in [2.05, 4.69) is 11.4 Å². The minimum atomic E-state index is -0.848. The zero-order valence-electron chi connectivity index (χ0n) is 9.12. The fraction of sp³-hybridized carbons (Fsp3) is 0.417. The Morgan fingerprint density at radius 1 is 1.41 bits per heavy atom. The Morgan fingerprint density at radius 2 is 2.18 bits per heavy atom. The van der Waals surface area contributed by atoms with Crippen LogP contribution in [-0.2, 0) is 0 Å². The molecule has 0 saturated heterocycles. The number of hydrogen-bond donors (Lipinski definition) is 1. The first-order valence-corrected chi connectivity index (χ1v) is 6.41. The molecule has 1 aliphatic carbocycles. The lowest BCUT2D eigenvalue weighted by Gasteiger charge is -2.10. The molecule has 17 heavy (non-hydrogen) atoms. The highest BCUT2D eigenvalue weighted by molar-refractivity contribution is 7.99. The minimum absolute atomic E-state index is 0.236. The van der Waals surface area contributed by atoms with Crippen LogP contribution in [0.1, 0.15) is 12.8 Å². The molecule has 0 bridgehead atoms. The van der Waals surface area contributed by atoms with E-state index in [4.69, 9.17) is 5.26 Å². The van der Waals surface area contributed by atoms with Crippen molar-refractivity contribution in [1.29, 1.82) is 5.26 Å². The van der Waals surface area contributed by atoms with E-state index in [1.165, 1.54) is 17.8 Å². The fourth-order valence-electron chi connectivity index (χ4n) is 1.40. The van der Waals surface area contributed by atoms with Gasteiger partial charge in [-0.2, -0.15) is 5.26 Å². The summed E-state index contributed by atoms with van der Waals surface area (Å²) in [7, 11) is 0. The molecule has 1 unspecified atom stereocenters. The Hall–Kier alpha value is -1.12. The van der Waals surface area contributed by atoms with Gasteiger partial charge in [0.2, 0.25) is 0 Å². The number of benzene rings is 1. The molecule has 0 heterocycles. The molecular weight excluding hydrogens is 242 g/mol. The van der Waals surface area contributed by atoms with Crippen molar-refractivity contribution in [3.05, 3.63) is 29.8 Å². The predicted molar refractivity (Wildman–Crippen MR) is 62.6 cm³/mol. The van der Waals surface area contributed by atoms with Crippen LogP contribution in [0.25, 0.3) is 0 Å². The van der Waals surface area contributed by atoms with Gasteiger partial charge >= 0.3 is 0 Å². The van der Waals surface area contributed by atoms with Crippen LogP contribution in [0.2, 0.25) is 0 Å². The SMILES string of the molecule is N#CC(CSc1ccc(F)c(F)c1)NC1CC1. The summed E-state index contributed by atoms with van der Waals surface area (Å²) in [5.41, 5.74) is 0. The monoisotopic (exact) mass is 254 g/mol. The number of hydrogen-bond acceptors (Lipinski definition) is 3. The molecule has 2 nitrogen and oxygen atoms in total. The maximum Gasteiger partial charge on any atom is 0.159 e. The molecule has 1 aliphatic rings. The smallest absolute Gasteiger partial charge is 0.159 e. The molecule has 1 saturated carbocycles. The predicted octanol–water partition coefficient (Wildman–Crippen LogP) is 2.70. The second-order valence-corrected chi connectivity index (χ2v) is 5.10. The molecule has 0 spiro atoms. The third-order valence-electron chi connectivity index (χ3n) is 2.48. The molecule has 1 aromatic rings. The quantitative estimate of drug-likeness (QED) is 0.821. The first kappa shape index (κ1) is 12.3. The Kier molecular flexibility index (Phi) is 3.97. The van der Waals surface area contributed by atoms with E-state index in [1.807, 2.05) is 0 Å². The first-order valence-electron chi connectivity index (χ1n) is 5.42. The number of nitriles is 1. The highest BCUT2D eigenvalue weighted by atomic mass is 32.2. The highest BCUT2D eigenvalue weighted by Gasteiger charge is 2.24. The maximum atomic E-state index is 12.9. The van der Waals surface area contributed by atoms with Crippen molar-refractivity contribution < 1.29 is 8.78 Å². The molecule has 90 valence electrons. The minimum Gasteiger partial charge on any atom is -0.298 e. The lowest BCUT2D eigenvalue weighted by molar-refractivity contribution is 0.506. The molecule has 1 atom stereocenters. The van der Waals surface area contributed by atoms with Gasteiger partial charge in [-0.15, -0.1) is 11.8 Å². The van der Waals surface area contributed by atoms with E-state index in [9.17, 15) is 8.78 Å². The zero-order chi connectivity index (χ0) is 12.3. The summed E-state index contributed by atoms with van der Waals surface area (Å²) in [6.07, 6.45) is 2.24. The number of nitrogens with one attached hydrogen (secondary N) is 1. The largest absolute Gasteiger partial charge is 0.298 e. The maximum absolute atomic E-state index is 12.9. The number of thioether (sulfide) groups is 1. The molecule has 0 aliphatic heterocycles. The van der Waals surface area contributed by atoms with Gasteiger partial charge in [-0.05, 0) is 31.0 Å². The average Bonchev–Trinajstić information content (AvgIpc) is 3.12. The van der Waals surface area contributed by atoms with Gasteiger partial charge in [-0.25, -0.2) is 8.78 Å². The van der Waals surface area contributed by atoms with Crippen LogP contribution in [0.3, 0.4) is 0 Å². The van der Waals surface area contributed by atoms with Crippen LogP contribution in [0, 0.1) is 23.0 Å². The van der Waals surface area contributed by atoms with E-state index >= 15 is 0 Å². The molecular formula is C12H12F2N2S. The van der Waals surface area contributed by atoms with Gasteiger partial charge in [0.25, 0.3) is 0 Å². The molecule has 1 N–H and O–H groups in total. The summed E-state index contributed by atoms with van der Waals surface area (Å²) in [5, 5.41) is 12.1. The van der Waals surface area contributed by atoms with E-state index in [-0.39, 0.29) is 6.04 Å². The Balaban J connectivity index is 1.87. The van der Waals surface area contributed by atoms with E-state index in [0.717, 1.165) is 25.0 Å². The Labute approximate surface area is 103 Å². The highest BCUT2D eigenvalue weighted by Crippen LogP contribution is 2.23. The third-order valence-corrected chi connectivity index (χ3v) is 3.57. The van der Waals surface area contributed by atoms with E-state index < -0.39 is 11.6 Å². The first-order chi connectivity index (χ1) is 8.19. The van der Waals surface area contributed by atoms with Crippen molar-refractivity contribution >= 4 is 11.8 Å². The standard InChI is InChI=1S/C12H12F2N2S/c13-11-4-3-10(5-12(11)14)17-7-9(6-15)16-8-1-2-8/h3-5,8-9,16H,1-2,7H2. The van der Waals surface area contributed by atoms with Crippen LogP contribution in [0.4, 0.5) is 8.78 Å². The second-order valence-electron chi connectivity index (χ2n) is 4.01. The molecule has 1 fully saturated rings. The zero-order valence-corrected chi connectivity index (χ0v) is 9.94.